The summed E-state index contributed by atoms with van der Waals surface area (Å²) < 4.78 is 8.67. The van der Waals surface area contributed by atoms with Crippen molar-refractivity contribution in [3.05, 3.63) is 34.7 Å². The summed E-state index contributed by atoms with van der Waals surface area (Å²) in [6.45, 7) is 1.96. The molecule has 1 heterocycles. The highest BCUT2D eigenvalue weighted by atomic mass is 32.1. The molecule has 0 bridgehead atoms. The van der Waals surface area contributed by atoms with E-state index in [9.17, 15) is 4.79 Å². The number of hydrogen-bond donors (Lipinski definition) is 1. The third-order valence-electron chi connectivity index (χ3n) is 1.93. The third kappa shape index (κ3) is 2.17. The second kappa shape index (κ2) is 4.28. The van der Waals surface area contributed by atoms with Gasteiger partial charge in [-0.15, -0.1) is 5.10 Å². The number of rotatable bonds is 2. The minimum absolute atomic E-state index is 0.0992. The number of aromatic nitrogens is 2. The molecule has 0 aliphatic heterocycles. The second-order valence-electron chi connectivity index (χ2n) is 3.19. The van der Waals surface area contributed by atoms with Crippen molar-refractivity contribution in [3.63, 3.8) is 0 Å². The topological polar surface area (TPSA) is 78.1 Å². The molecule has 0 saturated carbocycles. The maximum absolute atomic E-state index is 11.6. The summed E-state index contributed by atoms with van der Waals surface area (Å²) in [5.41, 5.74) is 6.55. The van der Waals surface area contributed by atoms with Crippen LogP contribution in [0, 0.1) is 6.92 Å². The van der Waals surface area contributed by atoms with Crippen LogP contribution < -0.4 is 10.5 Å². The van der Waals surface area contributed by atoms with E-state index >= 15 is 0 Å². The molecule has 0 aliphatic rings. The molecular weight excluding hydrogens is 226 g/mol. The molecule has 0 fully saturated rings. The fourth-order valence-electron chi connectivity index (χ4n) is 1.10. The van der Waals surface area contributed by atoms with Gasteiger partial charge in [0.05, 0.1) is 0 Å². The standard InChI is InChI=1S/C10H9N3O2S/c1-6-2-4-7(5-3-6)15-10(14)8-9(11)12-13-16-8/h2-5H,11H2,1H3. The lowest BCUT2D eigenvalue weighted by atomic mass is 10.2. The first-order chi connectivity index (χ1) is 7.66. The van der Waals surface area contributed by atoms with Crippen molar-refractivity contribution < 1.29 is 9.53 Å². The lowest BCUT2D eigenvalue weighted by molar-refractivity contribution is 0.0740. The minimum Gasteiger partial charge on any atom is -0.422 e. The molecule has 2 N–H and O–H groups in total. The first kappa shape index (κ1) is 10.6. The summed E-state index contributed by atoms with van der Waals surface area (Å²) in [6, 6.07) is 7.16. The Bertz CT molecular complexity index is 507. The lowest BCUT2D eigenvalue weighted by Gasteiger charge is -2.02. The van der Waals surface area contributed by atoms with Crippen LogP contribution in [0.5, 0.6) is 5.75 Å². The Morgan fingerprint density at radius 3 is 2.62 bits per heavy atom. The summed E-state index contributed by atoms with van der Waals surface area (Å²) in [4.78, 5) is 11.8. The van der Waals surface area contributed by atoms with Crippen LogP contribution in [0.4, 0.5) is 5.82 Å². The number of nitrogens with two attached hydrogens (primary N) is 1. The number of carbonyl (C=O) groups is 1. The summed E-state index contributed by atoms with van der Waals surface area (Å²) >= 11 is 0.919. The van der Waals surface area contributed by atoms with E-state index in [1.54, 1.807) is 12.1 Å². The van der Waals surface area contributed by atoms with Crippen molar-refractivity contribution >= 4 is 23.3 Å². The Balaban J connectivity index is 2.14. The molecule has 82 valence electrons. The van der Waals surface area contributed by atoms with Crippen LogP contribution in [-0.2, 0) is 0 Å². The van der Waals surface area contributed by atoms with Gasteiger partial charge in [-0.05, 0) is 30.6 Å². The van der Waals surface area contributed by atoms with Crippen LogP contribution in [0.15, 0.2) is 24.3 Å². The van der Waals surface area contributed by atoms with Crippen LogP contribution in [0.1, 0.15) is 15.2 Å². The van der Waals surface area contributed by atoms with Crippen molar-refractivity contribution in [1.82, 2.24) is 9.59 Å². The van der Waals surface area contributed by atoms with E-state index in [1.165, 1.54) is 0 Å². The molecule has 0 unspecified atom stereocenters. The molecule has 0 saturated heterocycles. The number of benzene rings is 1. The number of carbonyl (C=O) groups excluding carboxylic acids is 1. The average Bonchev–Trinajstić information content (AvgIpc) is 2.68. The van der Waals surface area contributed by atoms with Gasteiger partial charge in [-0.1, -0.05) is 22.2 Å². The van der Waals surface area contributed by atoms with Crippen molar-refractivity contribution in [3.8, 4) is 5.75 Å². The predicted molar refractivity (Wildman–Crippen MR) is 60.5 cm³/mol. The quantitative estimate of drug-likeness (QED) is 0.632. The molecule has 0 radical (unpaired) electrons. The van der Waals surface area contributed by atoms with Crippen molar-refractivity contribution in [1.29, 1.82) is 0 Å². The van der Waals surface area contributed by atoms with Crippen molar-refractivity contribution in [2.45, 2.75) is 6.92 Å². The molecule has 2 aromatic rings. The molecule has 2 rings (SSSR count). The third-order valence-corrected chi connectivity index (χ3v) is 2.65. The lowest BCUT2D eigenvalue weighted by Crippen LogP contribution is -2.08. The normalized spacial score (nSPS) is 10.1. The highest BCUT2D eigenvalue weighted by Gasteiger charge is 2.16. The maximum atomic E-state index is 11.6. The SMILES string of the molecule is Cc1ccc(OC(=O)c2snnc2N)cc1. The van der Waals surface area contributed by atoms with Crippen LogP contribution in [0.25, 0.3) is 0 Å². The van der Waals surface area contributed by atoms with Gasteiger partial charge in [0, 0.05) is 0 Å². The largest absolute Gasteiger partial charge is 0.422 e. The first-order valence-electron chi connectivity index (χ1n) is 4.53. The monoisotopic (exact) mass is 235 g/mol. The average molecular weight is 235 g/mol. The maximum Gasteiger partial charge on any atom is 0.359 e. The number of esters is 1. The summed E-state index contributed by atoms with van der Waals surface area (Å²) in [6.07, 6.45) is 0. The molecule has 1 aromatic carbocycles. The van der Waals surface area contributed by atoms with Gasteiger partial charge in [-0.2, -0.15) is 0 Å². The van der Waals surface area contributed by atoms with E-state index in [0.717, 1.165) is 17.1 Å². The van der Waals surface area contributed by atoms with Gasteiger partial charge >= 0.3 is 5.97 Å². The molecule has 5 nitrogen and oxygen atoms in total. The van der Waals surface area contributed by atoms with Crippen LogP contribution in [-0.4, -0.2) is 15.6 Å². The number of ether oxygens (including phenoxy) is 1. The zero-order chi connectivity index (χ0) is 11.5. The molecule has 0 spiro atoms. The summed E-state index contributed by atoms with van der Waals surface area (Å²) in [5, 5.41) is 3.54. The Hall–Kier alpha value is -1.95. The van der Waals surface area contributed by atoms with Gasteiger partial charge in [0.2, 0.25) is 0 Å². The molecular formula is C10H9N3O2S. The fraction of sp³-hybridized carbons (Fsp3) is 0.100. The van der Waals surface area contributed by atoms with Gasteiger partial charge in [-0.3, -0.25) is 0 Å². The molecule has 0 aliphatic carbocycles. The second-order valence-corrected chi connectivity index (χ2v) is 3.94. The summed E-state index contributed by atoms with van der Waals surface area (Å²) in [7, 11) is 0. The van der Waals surface area contributed by atoms with Crippen LogP contribution >= 0.6 is 11.5 Å². The van der Waals surface area contributed by atoms with E-state index in [2.05, 4.69) is 9.59 Å². The van der Waals surface area contributed by atoms with E-state index in [-0.39, 0.29) is 10.7 Å². The Morgan fingerprint density at radius 2 is 2.06 bits per heavy atom. The van der Waals surface area contributed by atoms with Gasteiger partial charge in [-0.25, -0.2) is 4.79 Å². The van der Waals surface area contributed by atoms with Crippen molar-refractivity contribution in [2.75, 3.05) is 5.73 Å². The number of nitrogens with zero attached hydrogens (tertiary/aromatic N) is 2. The number of anilines is 1. The smallest absolute Gasteiger partial charge is 0.359 e. The van der Waals surface area contributed by atoms with Crippen LogP contribution in [0.2, 0.25) is 0 Å². The molecule has 16 heavy (non-hydrogen) atoms. The summed E-state index contributed by atoms with van der Waals surface area (Å²) in [5.74, 6) is 0.0434. The molecule has 6 heteroatoms. The Labute approximate surface area is 96.0 Å². The highest BCUT2D eigenvalue weighted by molar-refractivity contribution is 7.08. The van der Waals surface area contributed by atoms with E-state index in [0.29, 0.717) is 5.75 Å². The molecule has 0 atom stereocenters. The zero-order valence-corrected chi connectivity index (χ0v) is 9.32. The number of aryl methyl sites for hydroxylation is 1. The first-order valence-corrected chi connectivity index (χ1v) is 5.31. The number of nitrogen functional groups attached to an aromatic ring is 1. The van der Waals surface area contributed by atoms with Gasteiger partial charge in [0.15, 0.2) is 10.7 Å². The zero-order valence-electron chi connectivity index (χ0n) is 8.51. The predicted octanol–water partition coefficient (Wildman–Crippen LogP) is 1.65. The van der Waals surface area contributed by atoms with Gasteiger partial charge < -0.3 is 10.5 Å². The Morgan fingerprint density at radius 1 is 1.38 bits per heavy atom. The van der Waals surface area contributed by atoms with E-state index in [1.807, 2.05) is 19.1 Å². The minimum atomic E-state index is -0.531. The van der Waals surface area contributed by atoms with E-state index in [4.69, 9.17) is 10.5 Å². The molecule has 0 amide bonds. The fourth-order valence-corrected chi connectivity index (χ4v) is 1.56. The van der Waals surface area contributed by atoms with Gasteiger partial charge in [0.1, 0.15) is 5.75 Å². The Kier molecular flexibility index (Phi) is 2.82. The van der Waals surface area contributed by atoms with Gasteiger partial charge in [0.25, 0.3) is 0 Å². The van der Waals surface area contributed by atoms with Crippen LogP contribution in [0.3, 0.4) is 0 Å². The van der Waals surface area contributed by atoms with E-state index < -0.39 is 5.97 Å². The molecule has 1 aromatic heterocycles. The highest BCUT2D eigenvalue weighted by Crippen LogP contribution is 2.17. The van der Waals surface area contributed by atoms with Crippen molar-refractivity contribution in [2.24, 2.45) is 0 Å². The number of hydrogen-bond acceptors (Lipinski definition) is 6.